The van der Waals surface area contributed by atoms with E-state index >= 15 is 0 Å². The Hall–Kier alpha value is -0.910. The number of nitrogens with zero attached hydrogens (tertiary/aromatic N) is 3. The molecule has 0 bridgehead atoms. The normalized spacial score (nSPS) is 33.3. The van der Waals surface area contributed by atoms with Gasteiger partial charge in [0.1, 0.15) is 0 Å². The van der Waals surface area contributed by atoms with E-state index in [1.54, 1.807) is 0 Å². The lowest BCUT2D eigenvalue weighted by atomic mass is 9.79. The molecule has 3 atom stereocenters. The third-order valence-electron chi connectivity index (χ3n) is 5.44. The average molecular weight is 321 g/mol. The largest absolute Gasteiger partial charge is 0.390 e. The predicted octanol–water partition coefficient (Wildman–Crippen LogP) is 2.39. The molecule has 0 amide bonds. The molecule has 2 aliphatic rings. The van der Waals surface area contributed by atoms with Gasteiger partial charge < -0.3 is 9.84 Å². The average Bonchev–Trinajstić information content (AvgIpc) is 3.08. The summed E-state index contributed by atoms with van der Waals surface area (Å²) >= 11 is 0. The maximum absolute atomic E-state index is 10.8. The molecule has 1 N–H and O–H groups in total. The molecule has 0 radical (unpaired) electrons. The fraction of sp³-hybridized carbons (Fsp3) is 0.833. The smallest absolute Gasteiger partial charge is 0.0706 e. The van der Waals surface area contributed by atoms with Crippen molar-refractivity contribution in [1.82, 2.24) is 14.7 Å². The standard InChI is InChI=1S/C18H31N3O2/c1-17(2,3)21-12-14(10-19-21)11-20-8-5-6-16(20)15-13-23-9-7-18(15,4)22/h10,12,15-16,22H,5-9,11,13H2,1-4H3/t15-,16+,18+/m1/s1. The van der Waals surface area contributed by atoms with Gasteiger partial charge in [0.05, 0.1) is 23.9 Å². The third kappa shape index (κ3) is 3.62. The van der Waals surface area contributed by atoms with E-state index in [4.69, 9.17) is 4.74 Å². The zero-order valence-corrected chi connectivity index (χ0v) is 15.0. The van der Waals surface area contributed by atoms with Crippen LogP contribution in [0.25, 0.3) is 0 Å². The molecule has 3 rings (SSSR count). The Morgan fingerprint density at radius 3 is 2.87 bits per heavy atom. The maximum atomic E-state index is 10.8. The number of rotatable bonds is 3. The quantitative estimate of drug-likeness (QED) is 0.929. The summed E-state index contributed by atoms with van der Waals surface area (Å²) < 4.78 is 7.71. The summed E-state index contributed by atoms with van der Waals surface area (Å²) in [6.45, 7) is 11.8. The second kappa shape index (κ2) is 6.19. The van der Waals surface area contributed by atoms with Crippen molar-refractivity contribution < 1.29 is 9.84 Å². The number of ether oxygens (including phenoxy) is 1. The van der Waals surface area contributed by atoms with Crippen LogP contribution in [0.2, 0.25) is 0 Å². The Morgan fingerprint density at radius 2 is 2.22 bits per heavy atom. The van der Waals surface area contributed by atoms with Crippen molar-refractivity contribution in [2.24, 2.45) is 5.92 Å². The van der Waals surface area contributed by atoms with Gasteiger partial charge in [-0.2, -0.15) is 5.10 Å². The predicted molar refractivity (Wildman–Crippen MR) is 90.2 cm³/mol. The molecule has 130 valence electrons. The minimum Gasteiger partial charge on any atom is -0.390 e. The zero-order chi connectivity index (χ0) is 16.7. The zero-order valence-electron chi connectivity index (χ0n) is 15.0. The Balaban J connectivity index is 1.71. The molecule has 1 aromatic rings. The number of hydrogen-bond acceptors (Lipinski definition) is 4. The van der Waals surface area contributed by atoms with Crippen molar-refractivity contribution in [3.05, 3.63) is 18.0 Å². The van der Waals surface area contributed by atoms with Gasteiger partial charge in [0.15, 0.2) is 0 Å². The van der Waals surface area contributed by atoms with Crippen molar-refractivity contribution >= 4 is 0 Å². The molecule has 2 fully saturated rings. The van der Waals surface area contributed by atoms with Crippen molar-refractivity contribution in [3.63, 3.8) is 0 Å². The fourth-order valence-electron chi connectivity index (χ4n) is 3.93. The molecule has 2 aliphatic heterocycles. The molecule has 23 heavy (non-hydrogen) atoms. The van der Waals surface area contributed by atoms with Gasteiger partial charge in [0.2, 0.25) is 0 Å². The van der Waals surface area contributed by atoms with E-state index in [-0.39, 0.29) is 11.5 Å². The molecule has 5 nitrogen and oxygen atoms in total. The first-order valence-corrected chi connectivity index (χ1v) is 8.85. The Morgan fingerprint density at radius 1 is 1.43 bits per heavy atom. The summed E-state index contributed by atoms with van der Waals surface area (Å²) in [5.74, 6) is 0.205. The Kier molecular flexibility index (Phi) is 4.55. The minimum absolute atomic E-state index is 0.0174. The lowest BCUT2D eigenvalue weighted by molar-refractivity contribution is -0.123. The SMILES string of the molecule is CC(C)(C)n1cc(CN2CCC[C@H]2[C@H]2COCC[C@]2(C)O)cn1. The summed E-state index contributed by atoms with van der Waals surface area (Å²) in [6.07, 6.45) is 7.23. The lowest BCUT2D eigenvalue weighted by Gasteiger charge is -2.43. The van der Waals surface area contributed by atoms with E-state index in [0.717, 1.165) is 25.9 Å². The molecular formula is C18H31N3O2. The van der Waals surface area contributed by atoms with Crippen LogP contribution in [0.5, 0.6) is 0 Å². The third-order valence-corrected chi connectivity index (χ3v) is 5.44. The number of hydrogen-bond donors (Lipinski definition) is 1. The first-order chi connectivity index (χ1) is 10.8. The molecule has 2 saturated heterocycles. The van der Waals surface area contributed by atoms with Gasteiger partial charge in [-0.05, 0) is 53.5 Å². The van der Waals surface area contributed by atoms with Crippen LogP contribution in [-0.4, -0.2) is 51.2 Å². The van der Waals surface area contributed by atoms with Crippen LogP contribution in [-0.2, 0) is 16.8 Å². The van der Waals surface area contributed by atoms with Gasteiger partial charge in [-0.1, -0.05) is 0 Å². The molecule has 0 aromatic carbocycles. The monoisotopic (exact) mass is 321 g/mol. The van der Waals surface area contributed by atoms with Crippen molar-refractivity contribution in [1.29, 1.82) is 0 Å². The fourth-order valence-corrected chi connectivity index (χ4v) is 3.93. The molecule has 0 saturated carbocycles. The van der Waals surface area contributed by atoms with E-state index in [9.17, 15) is 5.11 Å². The van der Waals surface area contributed by atoms with E-state index < -0.39 is 5.60 Å². The summed E-state index contributed by atoms with van der Waals surface area (Å²) in [4.78, 5) is 2.51. The van der Waals surface area contributed by atoms with Crippen molar-refractivity contribution in [2.75, 3.05) is 19.8 Å². The van der Waals surface area contributed by atoms with Crippen LogP contribution in [0.15, 0.2) is 12.4 Å². The molecule has 1 aromatic heterocycles. The van der Waals surface area contributed by atoms with Gasteiger partial charge in [0, 0.05) is 36.9 Å². The van der Waals surface area contributed by atoms with Gasteiger partial charge in [-0.25, -0.2) is 0 Å². The molecule has 0 aliphatic carbocycles. The number of aromatic nitrogens is 2. The highest BCUT2D eigenvalue weighted by molar-refractivity contribution is 5.07. The number of aliphatic hydroxyl groups is 1. The highest BCUT2D eigenvalue weighted by Gasteiger charge is 2.44. The van der Waals surface area contributed by atoms with Crippen LogP contribution in [0.3, 0.4) is 0 Å². The van der Waals surface area contributed by atoms with Crippen molar-refractivity contribution in [2.45, 2.75) is 70.7 Å². The molecular weight excluding hydrogens is 290 g/mol. The number of likely N-dealkylation sites (tertiary alicyclic amines) is 1. The van der Waals surface area contributed by atoms with E-state index in [1.165, 1.54) is 12.0 Å². The highest BCUT2D eigenvalue weighted by atomic mass is 16.5. The van der Waals surface area contributed by atoms with E-state index in [0.29, 0.717) is 19.3 Å². The van der Waals surface area contributed by atoms with Crippen LogP contribution in [0, 0.1) is 5.92 Å². The Bertz CT molecular complexity index is 533. The lowest BCUT2D eigenvalue weighted by Crippen LogP contribution is -2.52. The van der Waals surface area contributed by atoms with Crippen molar-refractivity contribution in [3.8, 4) is 0 Å². The summed E-state index contributed by atoms with van der Waals surface area (Å²) in [5, 5.41) is 15.3. The maximum Gasteiger partial charge on any atom is 0.0706 e. The van der Waals surface area contributed by atoms with Gasteiger partial charge >= 0.3 is 0 Å². The first kappa shape index (κ1) is 16.9. The molecule has 0 spiro atoms. The summed E-state index contributed by atoms with van der Waals surface area (Å²) in [7, 11) is 0. The van der Waals surface area contributed by atoms with Crippen LogP contribution in [0.1, 0.15) is 52.5 Å². The first-order valence-electron chi connectivity index (χ1n) is 8.85. The van der Waals surface area contributed by atoms with Crippen LogP contribution < -0.4 is 0 Å². The minimum atomic E-state index is -0.610. The molecule has 0 unspecified atom stereocenters. The Labute approximate surface area is 139 Å². The molecule has 5 heteroatoms. The summed E-state index contributed by atoms with van der Waals surface area (Å²) in [6, 6.07) is 0.406. The topological polar surface area (TPSA) is 50.5 Å². The second-order valence-corrected chi connectivity index (χ2v) is 8.43. The highest BCUT2D eigenvalue weighted by Crippen LogP contribution is 2.36. The second-order valence-electron chi connectivity index (χ2n) is 8.43. The van der Waals surface area contributed by atoms with Gasteiger partial charge in [-0.15, -0.1) is 0 Å². The molecule has 3 heterocycles. The van der Waals surface area contributed by atoms with Gasteiger partial charge in [0.25, 0.3) is 0 Å². The van der Waals surface area contributed by atoms with Gasteiger partial charge in [-0.3, -0.25) is 9.58 Å². The van der Waals surface area contributed by atoms with E-state index in [2.05, 4.69) is 37.0 Å². The summed E-state index contributed by atoms with van der Waals surface area (Å²) in [5.41, 5.74) is 0.660. The van der Waals surface area contributed by atoms with Crippen LogP contribution in [0.4, 0.5) is 0 Å². The van der Waals surface area contributed by atoms with E-state index in [1.807, 2.05) is 17.8 Å². The van der Waals surface area contributed by atoms with Crippen LogP contribution >= 0.6 is 0 Å².